The SMILES string of the molecule is COc1ccc(COCC[C@H](C[C@@H](O)[C@H](C)C(=O)N2C(=O)OC[C@@H]2Cc2ccccc2)O[Si](C)(C)C(C)(C)C)cc1. The lowest BCUT2D eigenvalue weighted by molar-refractivity contribution is -0.137. The molecule has 2 amide bonds. The monoisotopic (exact) mass is 585 g/mol. The highest BCUT2D eigenvalue weighted by Gasteiger charge is 2.43. The molecule has 4 atom stereocenters. The van der Waals surface area contributed by atoms with Crippen molar-refractivity contribution >= 4 is 20.3 Å². The molecule has 1 heterocycles. The molecule has 0 spiro atoms. The fourth-order valence-corrected chi connectivity index (χ4v) is 5.97. The van der Waals surface area contributed by atoms with Crippen molar-refractivity contribution in [2.24, 2.45) is 5.92 Å². The van der Waals surface area contributed by atoms with Crippen molar-refractivity contribution in [1.29, 1.82) is 0 Å². The van der Waals surface area contributed by atoms with Crippen LogP contribution in [0.1, 0.15) is 51.7 Å². The van der Waals surface area contributed by atoms with E-state index in [0.717, 1.165) is 16.9 Å². The van der Waals surface area contributed by atoms with Crippen LogP contribution in [-0.2, 0) is 31.7 Å². The number of nitrogens with zero attached hydrogens (tertiary/aromatic N) is 1. The zero-order valence-corrected chi connectivity index (χ0v) is 26.6. The van der Waals surface area contributed by atoms with Gasteiger partial charge in [0, 0.05) is 12.7 Å². The number of aliphatic hydroxyl groups is 1. The van der Waals surface area contributed by atoms with E-state index in [1.54, 1.807) is 14.0 Å². The fourth-order valence-electron chi connectivity index (χ4n) is 4.57. The molecule has 1 aliphatic heterocycles. The summed E-state index contributed by atoms with van der Waals surface area (Å²) in [6.07, 6.45) is -0.618. The Kier molecular flexibility index (Phi) is 11.6. The molecule has 1 N–H and O–H groups in total. The van der Waals surface area contributed by atoms with Crippen molar-refractivity contribution in [2.75, 3.05) is 20.3 Å². The predicted molar refractivity (Wildman–Crippen MR) is 161 cm³/mol. The normalized spacial score (nSPS) is 18.1. The van der Waals surface area contributed by atoms with E-state index < -0.39 is 38.4 Å². The second-order valence-corrected chi connectivity index (χ2v) is 17.2. The summed E-state index contributed by atoms with van der Waals surface area (Å²) < 4.78 is 23.1. The van der Waals surface area contributed by atoms with E-state index in [-0.39, 0.29) is 24.2 Å². The number of carbonyl (C=O) groups excluding carboxylic acids is 2. The summed E-state index contributed by atoms with van der Waals surface area (Å²) in [5, 5.41) is 11.2. The zero-order chi connectivity index (χ0) is 30.2. The maximum Gasteiger partial charge on any atom is 0.416 e. The first-order valence-electron chi connectivity index (χ1n) is 14.4. The minimum atomic E-state index is -2.17. The first-order chi connectivity index (χ1) is 19.3. The number of cyclic esters (lactones) is 1. The van der Waals surface area contributed by atoms with Crippen LogP contribution >= 0.6 is 0 Å². The molecule has 0 aliphatic carbocycles. The van der Waals surface area contributed by atoms with Crippen LogP contribution in [0.15, 0.2) is 54.6 Å². The number of amides is 2. The molecule has 2 aromatic carbocycles. The molecular formula is C32H47NO7Si. The highest BCUT2D eigenvalue weighted by atomic mass is 28.4. The van der Waals surface area contributed by atoms with E-state index in [0.29, 0.717) is 26.1 Å². The molecule has 0 aromatic heterocycles. The number of imide groups is 1. The third-order valence-corrected chi connectivity index (χ3v) is 12.8. The highest BCUT2D eigenvalue weighted by Crippen LogP contribution is 2.38. The number of carbonyl (C=O) groups is 2. The lowest BCUT2D eigenvalue weighted by atomic mass is 9.95. The number of rotatable bonds is 14. The average Bonchev–Trinajstić information content (AvgIpc) is 3.29. The Bertz CT molecular complexity index is 1120. The molecule has 3 rings (SSSR count). The van der Waals surface area contributed by atoms with Crippen LogP contribution in [0.2, 0.25) is 18.1 Å². The number of hydrogen-bond donors (Lipinski definition) is 1. The van der Waals surface area contributed by atoms with Crippen LogP contribution in [0.5, 0.6) is 5.75 Å². The van der Waals surface area contributed by atoms with Crippen LogP contribution in [-0.4, -0.2) is 68.9 Å². The van der Waals surface area contributed by atoms with Gasteiger partial charge in [-0.15, -0.1) is 0 Å². The summed E-state index contributed by atoms with van der Waals surface area (Å²) in [7, 11) is -0.537. The van der Waals surface area contributed by atoms with Gasteiger partial charge in [0.25, 0.3) is 0 Å². The summed E-state index contributed by atoms with van der Waals surface area (Å²) in [5.74, 6) is -0.435. The summed E-state index contributed by atoms with van der Waals surface area (Å²) >= 11 is 0. The third-order valence-electron chi connectivity index (χ3n) is 8.26. The smallest absolute Gasteiger partial charge is 0.416 e. The van der Waals surface area contributed by atoms with Crippen LogP contribution in [0.3, 0.4) is 0 Å². The van der Waals surface area contributed by atoms with Crippen molar-refractivity contribution in [3.8, 4) is 5.75 Å². The Morgan fingerprint density at radius 3 is 2.37 bits per heavy atom. The second kappa shape index (κ2) is 14.4. The minimum Gasteiger partial charge on any atom is -0.497 e. The van der Waals surface area contributed by atoms with E-state index in [4.69, 9.17) is 18.6 Å². The van der Waals surface area contributed by atoms with Crippen LogP contribution < -0.4 is 4.74 Å². The van der Waals surface area contributed by atoms with Gasteiger partial charge in [-0.05, 0) is 60.7 Å². The summed E-state index contributed by atoms with van der Waals surface area (Å²) in [5.41, 5.74) is 2.05. The molecule has 8 nitrogen and oxygen atoms in total. The van der Waals surface area contributed by atoms with Gasteiger partial charge in [0.15, 0.2) is 8.32 Å². The Morgan fingerprint density at radius 1 is 1.10 bits per heavy atom. The lowest BCUT2D eigenvalue weighted by Gasteiger charge is -2.40. The number of methoxy groups -OCH3 is 1. The molecule has 2 aromatic rings. The maximum absolute atomic E-state index is 13.5. The average molecular weight is 586 g/mol. The Balaban J connectivity index is 1.64. The summed E-state index contributed by atoms with van der Waals surface area (Å²) in [4.78, 5) is 27.2. The van der Waals surface area contributed by atoms with Crippen molar-refractivity contribution < 1.29 is 33.3 Å². The Hall–Kier alpha value is -2.72. The molecule has 1 aliphatic rings. The summed E-state index contributed by atoms with van der Waals surface area (Å²) in [6, 6.07) is 17.0. The van der Waals surface area contributed by atoms with E-state index >= 15 is 0 Å². The van der Waals surface area contributed by atoms with Gasteiger partial charge in [-0.2, -0.15) is 0 Å². The molecule has 0 bridgehead atoms. The number of benzene rings is 2. The maximum atomic E-state index is 13.5. The van der Waals surface area contributed by atoms with E-state index in [1.807, 2.05) is 54.6 Å². The fraction of sp³-hybridized carbons (Fsp3) is 0.562. The highest BCUT2D eigenvalue weighted by molar-refractivity contribution is 6.74. The van der Waals surface area contributed by atoms with Crippen LogP contribution in [0.4, 0.5) is 4.79 Å². The molecule has 41 heavy (non-hydrogen) atoms. The third kappa shape index (κ3) is 9.13. The number of hydrogen-bond acceptors (Lipinski definition) is 7. The number of aliphatic hydroxyl groups excluding tert-OH is 1. The minimum absolute atomic E-state index is 0.0223. The van der Waals surface area contributed by atoms with E-state index in [2.05, 4.69) is 33.9 Å². The predicted octanol–water partition coefficient (Wildman–Crippen LogP) is 5.97. The molecular weight excluding hydrogens is 538 g/mol. The molecule has 226 valence electrons. The molecule has 0 saturated carbocycles. The van der Waals surface area contributed by atoms with Gasteiger partial charge in [0.05, 0.1) is 31.8 Å². The van der Waals surface area contributed by atoms with E-state index in [1.165, 1.54) is 4.90 Å². The lowest BCUT2D eigenvalue weighted by Crippen LogP contribution is -2.48. The van der Waals surface area contributed by atoms with Gasteiger partial charge in [-0.1, -0.05) is 70.2 Å². The largest absolute Gasteiger partial charge is 0.497 e. The zero-order valence-electron chi connectivity index (χ0n) is 25.6. The van der Waals surface area contributed by atoms with Gasteiger partial charge in [-0.3, -0.25) is 4.79 Å². The van der Waals surface area contributed by atoms with Gasteiger partial charge in [-0.25, -0.2) is 9.69 Å². The number of ether oxygens (including phenoxy) is 3. The first-order valence-corrected chi connectivity index (χ1v) is 17.3. The molecule has 0 unspecified atom stereocenters. The summed E-state index contributed by atoms with van der Waals surface area (Å²) in [6.45, 7) is 13.6. The van der Waals surface area contributed by atoms with E-state index in [9.17, 15) is 14.7 Å². The van der Waals surface area contributed by atoms with Crippen molar-refractivity contribution in [1.82, 2.24) is 4.90 Å². The topological polar surface area (TPSA) is 94.5 Å². The first kappa shape index (κ1) is 32.8. The molecule has 0 radical (unpaired) electrons. The Morgan fingerprint density at radius 2 is 1.76 bits per heavy atom. The van der Waals surface area contributed by atoms with Gasteiger partial charge >= 0.3 is 6.09 Å². The van der Waals surface area contributed by atoms with Gasteiger partial charge in [0.2, 0.25) is 5.91 Å². The second-order valence-electron chi connectivity index (χ2n) is 12.4. The van der Waals surface area contributed by atoms with Crippen molar-refractivity contribution in [2.45, 2.75) is 89.9 Å². The van der Waals surface area contributed by atoms with Crippen LogP contribution in [0, 0.1) is 5.92 Å². The van der Waals surface area contributed by atoms with Crippen molar-refractivity contribution in [3.63, 3.8) is 0 Å². The molecule has 1 fully saturated rings. The standard InChI is InChI=1S/C32H47NO7Si/c1-23(30(35)33-26(22-39-31(33)36)19-24-11-9-8-10-12-24)29(34)20-28(40-41(6,7)32(2,3)4)17-18-38-21-25-13-15-27(37-5)16-14-25/h8-16,23,26,28-29,34H,17-22H2,1-7H3/t23-,26-,28+,29+/m0/s1. The van der Waals surface area contributed by atoms with Gasteiger partial charge in [0.1, 0.15) is 12.4 Å². The Labute approximate surface area is 246 Å². The van der Waals surface area contributed by atoms with Gasteiger partial charge < -0.3 is 23.7 Å². The quantitative estimate of drug-likeness (QED) is 0.216. The van der Waals surface area contributed by atoms with Crippen molar-refractivity contribution in [3.05, 3.63) is 65.7 Å². The van der Waals surface area contributed by atoms with Crippen LogP contribution in [0.25, 0.3) is 0 Å². The molecule has 1 saturated heterocycles. The molecule has 9 heteroatoms.